The third kappa shape index (κ3) is 7.37. The second-order valence-corrected chi connectivity index (χ2v) is 6.82. The zero-order valence-electron chi connectivity index (χ0n) is 18.1. The van der Waals surface area contributed by atoms with Gasteiger partial charge >= 0.3 is 24.1 Å². The Morgan fingerprint density at radius 1 is 0.824 bits per heavy atom. The van der Waals surface area contributed by atoms with Crippen molar-refractivity contribution >= 4 is 17.9 Å². The van der Waals surface area contributed by atoms with E-state index in [0.29, 0.717) is 6.07 Å². The smallest absolute Gasteiger partial charge is 0.420 e. The first-order chi connectivity index (χ1) is 15.9. The second kappa shape index (κ2) is 11.0. The van der Waals surface area contributed by atoms with E-state index >= 15 is 0 Å². The van der Waals surface area contributed by atoms with Crippen LogP contribution in [-0.2, 0) is 20.5 Å². The van der Waals surface area contributed by atoms with Gasteiger partial charge in [0.15, 0.2) is 0 Å². The van der Waals surface area contributed by atoms with Crippen molar-refractivity contribution in [1.29, 1.82) is 0 Å². The van der Waals surface area contributed by atoms with Crippen LogP contribution in [-0.4, -0.2) is 17.9 Å². The van der Waals surface area contributed by atoms with E-state index in [2.05, 4.69) is 13.2 Å². The molecule has 0 fully saturated rings. The summed E-state index contributed by atoms with van der Waals surface area (Å²) < 4.78 is 59.8. The van der Waals surface area contributed by atoms with Crippen molar-refractivity contribution in [2.45, 2.75) is 20.0 Å². The maximum Gasteiger partial charge on any atom is 0.420 e. The number of hydrogen-bond donors (Lipinski definition) is 0. The van der Waals surface area contributed by atoms with Gasteiger partial charge in [-0.2, -0.15) is 13.2 Å². The number of carbonyl (C=O) groups excluding carboxylic acids is 3. The van der Waals surface area contributed by atoms with Crippen LogP contribution < -0.4 is 14.2 Å². The molecule has 0 radical (unpaired) electrons. The number of ether oxygens (including phenoxy) is 4. The van der Waals surface area contributed by atoms with Crippen molar-refractivity contribution in [1.82, 2.24) is 0 Å². The number of halogens is 3. The van der Waals surface area contributed by atoms with Crippen LogP contribution in [0.4, 0.5) is 13.2 Å². The second-order valence-electron chi connectivity index (χ2n) is 6.82. The molecule has 0 aliphatic carbocycles. The Kier molecular flexibility index (Phi) is 8.38. The highest BCUT2D eigenvalue weighted by Gasteiger charge is 2.36. The molecule has 2 rings (SSSR count). The van der Waals surface area contributed by atoms with Crippen LogP contribution in [0.2, 0.25) is 0 Å². The van der Waals surface area contributed by atoms with Gasteiger partial charge in [-0.15, -0.1) is 0 Å². The summed E-state index contributed by atoms with van der Waals surface area (Å²) >= 11 is 0. The lowest BCUT2D eigenvalue weighted by Gasteiger charge is -2.14. The van der Waals surface area contributed by atoms with Crippen molar-refractivity contribution in [3.05, 3.63) is 90.4 Å². The van der Waals surface area contributed by atoms with Crippen LogP contribution in [0.1, 0.15) is 29.8 Å². The summed E-state index contributed by atoms with van der Waals surface area (Å²) in [6.07, 6.45) is -2.78. The summed E-state index contributed by atoms with van der Waals surface area (Å²) in [7, 11) is 0. The van der Waals surface area contributed by atoms with Crippen LogP contribution >= 0.6 is 0 Å². The Balaban J connectivity index is 2.09. The maximum absolute atomic E-state index is 13.4. The molecule has 0 N–H and O–H groups in total. The third-order valence-electron chi connectivity index (χ3n) is 3.89. The van der Waals surface area contributed by atoms with Crippen molar-refractivity contribution in [3.8, 4) is 17.2 Å². The molecule has 34 heavy (non-hydrogen) atoms. The Bertz CT molecular complexity index is 1150. The van der Waals surface area contributed by atoms with Crippen LogP contribution in [0.3, 0.4) is 0 Å². The zero-order chi connectivity index (χ0) is 25.5. The van der Waals surface area contributed by atoms with E-state index in [4.69, 9.17) is 18.9 Å². The molecule has 178 valence electrons. The van der Waals surface area contributed by atoms with E-state index in [9.17, 15) is 27.6 Å². The maximum atomic E-state index is 13.4. The molecule has 7 nitrogen and oxygen atoms in total. The highest BCUT2D eigenvalue weighted by atomic mass is 19.4. The number of alkyl halides is 3. The van der Waals surface area contributed by atoms with Crippen LogP contribution in [0.15, 0.2) is 79.3 Å². The highest BCUT2D eigenvalue weighted by Crippen LogP contribution is 2.38. The fourth-order valence-corrected chi connectivity index (χ4v) is 2.20. The van der Waals surface area contributed by atoms with Crippen molar-refractivity contribution < 1.29 is 46.5 Å². The zero-order valence-corrected chi connectivity index (χ0v) is 18.1. The SMILES string of the molecule is C=C(C)C(=O)O/C=C\Oc1ccc(C(=O)Oc2ccc(OC(=O)C(=C)C)c(C(F)(F)F)c2)cc1. The van der Waals surface area contributed by atoms with Gasteiger partial charge < -0.3 is 18.9 Å². The Morgan fingerprint density at radius 2 is 1.41 bits per heavy atom. The molecular weight excluding hydrogens is 457 g/mol. The first-order valence-electron chi connectivity index (χ1n) is 9.48. The van der Waals surface area contributed by atoms with Gasteiger partial charge in [-0.1, -0.05) is 13.2 Å². The summed E-state index contributed by atoms with van der Waals surface area (Å²) in [5, 5.41) is 0. The molecule has 0 atom stereocenters. The van der Waals surface area contributed by atoms with Crippen molar-refractivity contribution in [3.63, 3.8) is 0 Å². The third-order valence-corrected chi connectivity index (χ3v) is 3.89. The molecule has 0 saturated carbocycles. The summed E-state index contributed by atoms with van der Waals surface area (Å²) in [5.41, 5.74) is -1.15. The van der Waals surface area contributed by atoms with Crippen LogP contribution in [0.25, 0.3) is 0 Å². The Morgan fingerprint density at radius 3 is 1.97 bits per heavy atom. The molecule has 2 aromatic carbocycles. The van der Waals surface area contributed by atoms with Crippen molar-refractivity contribution in [2.24, 2.45) is 0 Å². The normalized spacial score (nSPS) is 11.0. The topological polar surface area (TPSA) is 88.1 Å². The first kappa shape index (κ1) is 25.9. The molecule has 0 heterocycles. The van der Waals surface area contributed by atoms with E-state index in [1.54, 1.807) is 0 Å². The summed E-state index contributed by atoms with van der Waals surface area (Å²) in [5.74, 6) is -3.46. The lowest BCUT2D eigenvalue weighted by Crippen LogP contribution is -2.15. The molecular formula is C24H19F3O7. The minimum absolute atomic E-state index is 0.0244. The Labute approximate surface area is 192 Å². The molecule has 0 spiro atoms. The minimum Gasteiger partial charge on any atom is -0.462 e. The van der Waals surface area contributed by atoms with Gasteiger partial charge in [-0.25, -0.2) is 14.4 Å². The van der Waals surface area contributed by atoms with Gasteiger partial charge in [0.05, 0.1) is 5.56 Å². The largest absolute Gasteiger partial charge is 0.462 e. The van der Waals surface area contributed by atoms with E-state index in [0.717, 1.165) is 24.7 Å². The van der Waals surface area contributed by atoms with E-state index in [1.165, 1.54) is 38.1 Å². The first-order valence-corrected chi connectivity index (χ1v) is 9.48. The molecule has 0 amide bonds. The number of rotatable bonds is 8. The predicted octanol–water partition coefficient (Wildman–Crippen LogP) is 5.38. The summed E-state index contributed by atoms with van der Waals surface area (Å²) in [6, 6.07) is 7.90. The van der Waals surface area contributed by atoms with Gasteiger partial charge in [0.2, 0.25) is 0 Å². The highest BCUT2D eigenvalue weighted by molar-refractivity contribution is 5.91. The van der Waals surface area contributed by atoms with Gasteiger partial charge in [-0.3, -0.25) is 0 Å². The number of benzene rings is 2. The fraction of sp³-hybridized carbons (Fsp3) is 0.125. The quantitative estimate of drug-likeness (QED) is 0.219. The average molecular weight is 476 g/mol. The minimum atomic E-state index is -4.88. The number of esters is 3. The molecule has 0 aromatic heterocycles. The van der Waals surface area contributed by atoms with Gasteiger partial charge in [0, 0.05) is 11.1 Å². The Hall–Kier alpha value is -4.34. The van der Waals surface area contributed by atoms with Gasteiger partial charge in [0.25, 0.3) is 0 Å². The molecule has 2 aromatic rings. The molecule has 0 aliphatic heterocycles. The predicted molar refractivity (Wildman–Crippen MR) is 114 cm³/mol. The molecule has 0 aliphatic rings. The summed E-state index contributed by atoms with van der Waals surface area (Å²) in [4.78, 5) is 35.1. The lowest BCUT2D eigenvalue weighted by molar-refractivity contribution is -0.141. The monoisotopic (exact) mass is 476 g/mol. The molecule has 10 heteroatoms. The number of hydrogen-bond acceptors (Lipinski definition) is 7. The molecule has 0 unspecified atom stereocenters. The fourth-order valence-electron chi connectivity index (χ4n) is 2.20. The average Bonchev–Trinajstić information content (AvgIpc) is 2.77. The van der Waals surface area contributed by atoms with Gasteiger partial charge in [-0.05, 0) is 56.3 Å². The molecule has 0 bridgehead atoms. The van der Waals surface area contributed by atoms with E-state index in [1.807, 2.05) is 0 Å². The summed E-state index contributed by atoms with van der Waals surface area (Å²) in [6.45, 7) is 9.49. The standard InChI is InChI=1S/C24H19F3O7/c1-14(2)21(28)32-12-11-31-17-7-5-16(6-8-17)23(30)33-18-9-10-20(34-22(29)15(3)4)19(13-18)24(25,26)27/h5-13H,1,3H2,2,4H3/b12-11-. The van der Waals surface area contributed by atoms with Crippen LogP contribution in [0.5, 0.6) is 17.2 Å². The van der Waals surface area contributed by atoms with Crippen molar-refractivity contribution in [2.75, 3.05) is 0 Å². The van der Waals surface area contributed by atoms with Gasteiger partial charge in [0.1, 0.15) is 35.3 Å². The van der Waals surface area contributed by atoms with E-state index in [-0.39, 0.29) is 22.5 Å². The number of carbonyl (C=O) groups is 3. The van der Waals surface area contributed by atoms with Crippen LogP contribution in [0, 0.1) is 0 Å². The molecule has 0 saturated heterocycles. The lowest BCUT2D eigenvalue weighted by atomic mass is 10.1. The van der Waals surface area contributed by atoms with E-state index < -0.39 is 41.1 Å².